The molecule has 5 aliphatic rings. The minimum Gasteiger partial charge on any atom is -0.394 e. The third-order valence-corrected chi connectivity index (χ3v) is 21.1. The highest BCUT2D eigenvalue weighted by atomic mass is 16.8. The minimum absolute atomic E-state index is 0.196. The molecule has 5 fully saturated rings. The van der Waals surface area contributed by atoms with Gasteiger partial charge in [-0.1, -0.05) is 219 Å². The maximum absolute atomic E-state index is 13.5. The number of nitrogens with one attached hydrogen (secondary N) is 3. The summed E-state index contributed by atoms with van der Waals surface area (Å²) in [4.78, 5) is 38.6. The number of hydrogen-bond acceptors (Lipinski definition) is 28. The molecule has 0 aromatic heterocycles. The van der Waals surface area contributed by atoms with Crippen LogP contribution in [0.15, 0.2) is 12.2 Å². The Labute approximate surface area is 633 Å². The molecule has 0 aromatic carbocycles. The summed E-state index contributed by atoms with van der Waals surface area (Å²) in [6, 6.07) is -4.33. The van der Waals surface area contributed by atoms with Crippen LogP contribution in [0.3, 0.4) is 0 Å². The predicted octanol–water partition coefficient (Wildman–Crippen LogP) is 2.09. The van der Waals surface area contributed by atoms with Gasteiger partial charge in [-0.2, -0.15) is 0 Å². The average molecular weight is 1540 g/mol. The van der Waals surface area contributed by atoms with Crippen molar-refractivity contribution < 1.29 is 138 Å². The molecule has 0 spiro atoms. The van der Waals surface area contributed by atoms with E-state index in [0.717, 1.165) is 58.8 Å². The molecule has 3 amide bonds. The maximum atomic E-state index is 13.5. The lowest BCUT2D eigenvalue weighted by atomic mass is 9.93. The van der Waals surface area contributed by atoms with Crippen molar-refractivity contribution in [3.8, 4) is 0 Å². The van der Waals surface area contributed by atoms with Gasteiger partial charge in [-0.25, -0.2) is 0 Å². The lowest BCUT2D eigenvalue weighted by Crippen LogP contribution is -2.71. The molecule has 5 aliphatic heterocycles. The Bertz CT molecular complexity index is 2380. The number of aliphatic hydroxyl groups excluding tert-OH is 15. The summed E-state index contributed by atoms with van der Waals surface area (Å²) in [5.74, 6) is -1.87. The Balaban J connectivity index is 1.17. The van der Waals surface area contributed by atoms with Crippen molar-refractivity contribution in [3.05, 3.63) is 12.2 Å². The number of carbonyl (C=O) groups excluding carboxylic acids is 3. The molecular formula is C76H139N3O28. The zero-order valence-electron chi connectivity index (χ0n) is 64.0. The van der Waals surface area contributed by atoms with Gasteiger partial charge in [0.15, 0.2) is 31.5 Å². The van der Waals surface area contributed by atoms with Crippen LogP contribution in [0.2, 0.25) is 0 Å². The van der Waals surface area contributed by atoms with E-state index in [1.807, 2.05) is 6.08 Å². The molecule has 0 bridgehead atoms. The summed E-state index contributed by atoms with van der Waals surface area (Å²) in [6.45, 7) is 1.42. The van der Waals surface area contributed by atoms with E-state index in [1.165, 1.54) is 154 Å². The van der Waals surface area contributed by atoms with Crippen molar-refractivity contribution >= 4 is 17.7 Å². The summed E-state index contributed by atoms with van der Waals surface area (Å²) in [5, 5.41) is 174. The van der Waals surface area contributed by atoms with Gasteiger partial charge in [-0.3, -0.25) is 14.4 Å². The lowest BCUT2D eigenvalue weighted by molar-refractivity contribution is -0.388. The number of rotatable bonds is 55. The van der Waals surface area contributed by atoms with Gasteiger partial charge in [0.25, 0.3) is 0 Å². The third-order valence-electron chi connectivity index (χ3n) is 21.1. The number of hydrogen-bond donors (Lipinski definition) is 18. The van der Waals surface area contributed by atoms with Crippen molar-refractivity contribution in [2.45, 2.75) is 412 Å². The van der Waals surface area contributed by atoms with Crippen LogP contribution < -0.4 is 16.0 Å². The Morgan fingerprint density at radius 3 is 1.14 bits per heavy atom. The largest absolute Gasteiger partial charge is 0.394 e. The van der Waals surface area contributed by atoms with E-state index in [-0.39, 0.29) is 12.3 Å². The summed E-state index contributed by atoms with van der Waals surface area (Å²) >= 11 is 0. The first-order chi connectivity index (χ1) is 51.6. The zero-order valence-corrected chi connectivity index (χ0v) is 64.0. The molecule has 5 saturated heterocycles. The van der Waals surface area contributed by atoms with Crippen LogP contribution in [-0.4, -0.2) is 300 Å². The smallest absolute Gasteiger partial charge is 0.220 e. The van der Waals surface area contributed by atoms with E-state index >= 15 is 0 Å². The Morgan fingerprint density at radius 1 is 0.364 bits per heavy atom. The van der Waals surface area contributed by atoms with Crippen molar-refractivity contribution in [3.63, 3.8) is 0 Å². The Morgan fingerprint density at radius 2 is 0.701 bits per heavy atom. The Kier molecular flexibility index (Phi) is 47.2. The number of aliphatic hydroxyl groups is 15. The number of unbranched alkanes of at least 4 members (excludes halogenated alkanes) is 31. The first-order valence-electron chi connectivity index (χ1n) is 40.5. The molecule has 0 saturated carbocycles. The van der Waals surface area contributed by atoms with Crippen LogP contribution in [0.5, 0.6) is 0 Å². The lowest BCUT2D eigenvalue weighted by Gasteiger charge is -2.50. The second kappa shape index (κ2) is 53.3. The van der Waals surface area contributed by atoms with Crippen molar-refractivity contribution in [2.75, 3.05) is 39.6 Å². The van der Waals surface area contributed by atoms with Gasteiger partial charge in [0.1, 0.15) is 122 Å². The SMILES string of the molecule is CCCCCCCCCCCCC/C=C/[C@H](O)[C@@H](CO[C@@H]1O[C@H](CO)[C@@H](O[C@@H]2O[C@H](CO)[C@H](O[C@@H]3O[C@H](CO)[C@H](O)[C@H](O[C@@H]4O[C@H](CO)[C@H](O)[C@H](O[C@H]5O[C@H](CO)[C@H](O)[C@@H](O)[C@@H]5NC(C)=O)[C@H]4NC(C)=O)[C@H]3O)[C@H](O)[C@H]2O)[C@H](O)[C@H]1O)NC(=O)CCCCCCCCCCCCCCCCCCCCCCC. The van der Waals surface area contributed by atoms with Gasteiger partial charge in [-0.05, 0) is 19.3 Å². The topological polar surface area (TPSA) is 483 Å². The fourth-order valence-corrected chi connectivity index (χ4v) is 14.7. The van der Waals surface area contributed by atoms with Crippen LogP contribution in [0.25, 0.3) is 0 Å². The quantitative estimate of drug-likeness (QED) is 0.0306. The minimum atomic E-state index is -2.20. The van der Waals surface area contributed by atoms with Gasteiger partial charge in [-0.15, -0.1) is 0 Å². The highest BCUT2D eigenvalue weighted by molar-refractivity contribution is 5.76. The maximum Gasteiger partial charge on any atom is 0.220 e. The van der Waals surface area contributed by atoms with Gasteiger partial charge in [0.05, 0.1) is 51.8 Å². The Hall–Kier alpha value is -2.85. The van der Waals surface area contributed by atoms with Crippen molar-refractivity contribution in [2.24, 2.45) is 0 Å². The van der Waals surface area contributed by atoms with Gasteiger partial charge >= 0.3 is 0 Å². The van der Waals surface area contributed by atoms with Crippen molar-refractivity contribution in [1.29, 1.82) is 0 Å². The number of ether oxygens (including phenoxy) is 10. The number of carbonyl (C=O) groups is 3. The normalized spacial score (nSPS) is 34.0. The first kappa shape index (κ1) is 94.7. The molecule has 0 unspecified atom stereocenters. The van der Waals surface area contributed by atoms with Crippen LogP contribution in [0.1, 0.15) is 246 Å². The molecule has 18 N–H and O–H groups in total. The second-order valence-electron chi connectivity index (χ2n) is 30.0. The van der Waals surface area contributed by atoms with Gasteiger partial charge in [0, 0.05) is 20.3 Å². The number of amides is 3. The van der Waals surface area contributed by atoms with E-state index in [1.54, 1.807) is 6.08 Å². The predicted molar refractivity (Wildman–Crippen MR) is 389 cm³/mol. The van der Waals surface area contributed by atoms with Gasteiger partial charge < -0.3 is 140 Å². The van der Waals surface area contributed by atoms with E-state index in [9.17, 15) is 91.0 Å². The summed E-state index contributed by atoms with van der Waals surface area (Å²) < 4.78 is 59.1. The fraction of sp³-hybridized carbons (Fsp3) is 0.934. The average Bonchev–Trinajstić information content (AvgIpc) is 0.771. The standard InChI is InChI=1S/C76H139N3O28/c1-5-7-9-11-13-15-17-19-20-21-22-23-24-25-26-28-30-32-34-36-38-40-56(88)79-49(50(87)39-37-35-33-31-29-27-18-16-14-12-10-8-6-2)46-98-74-65(95)63(93)68(54(44-83)102-74)104-75-66(96)64(94)69(55(45-84)103-75)105-76-67(97)71(61(91)53(43-82)101-76)107-73-58(78-48(4)86)70(60(90)52(42-81)100-73)106-72-57(77-47(3)85)62(92)59(89)51(41-80)99-72/h37,39,49-55,57-76,80-84,87,89-97H,5-36,38,40-46H2,1-4H3,(H,77,85)(H,78,86)(H,79,88)/b39-37+/t49-,50+,51-,52-,53-,54-,55-,57+,58-,59+,60+,61+,62+,63-,64-,65-,66-,67-,68-,69+,70-,71+,72-,73+,74-,75+,76+/m1/s1. The van der Waals surface area contributed by atoms with E-state index in [4.69, 9.17) is 47.4 Å². The van der Waals surface area contributed by atoms with Crippen LogP contribution in [-0.2, 0) is 61.8 Å². The molecule has 5 rings (SSSR count). The molecule has 31 nitrogen and oxygen atoms in total. The second-order valence-corrected chi connectivity index (χ2v) is 30.0. The molecule has 0 radical (unpaired) electrons. The summed E-state index contributed by atoms with van der Waals surface area (Å²) in [6.07, 6.45) is -0.900. The van der Waals surface area contributed by atoms with Crippen molar-refractivity contribution in [1.82, 2.24) is 16.0 Å². The highest BCUT2D eigenvalue weighted by Gasteiger charge is 2.57. The van der Waals surface area contributed by atoms with Crippen LogP contribution >= 0.6 is 0 Å². The molecule has 626 valence electrons. The monoisotopic (exact) mass is 1540 g/mol. The van der Waals surface area contributed by atoms with E-state index in [0.29, 0.717) is 12.8 Å². The molecule has 27 atom stereocenters. The molecule has 0 aliphatic carbocycles. The molecule has 5 heterocycles. The molecule has 0 aromatic rings. The molecule has 107 heavy (non-hydrogen) atoms. The van der Waals surface area contributed by atoms with Gasteiger partial charge in [0.2, 0.25) is 17.7 Å². The summed E-state index contributed by atoms with van der Waals surface area (Å²) in [7, 11) is 0. The van der Waals surface area contributed by atoms with Crippen LogP contribution in [0, 0.1) is 0 Å². The van der Waals surface area contributed by atoms with Crippen LogP contribution in [0.4, 0.5) is 0 Å². The fourth-order valence-electron chi connectivity index (χ4n) is 14.7. The zero-order chi connectivity index (χ0) is 78.2. The molecule has 31 heteroatoms. The first-order valence-corrected chi connectivity index (χ1v) is 40.5. The molecular weight excluding hydrogens is 1400 g/mol. The summed E-state index contributed by atoms with van der Waals surface area (Å²) in [5.41, 5.74) is 0. The number of allylic oxidation sites excluding steroid dienone is 1. The third kappa shape index (κ3) is 31.8. The van der Waals surface area contributed by atoms with E-state index in [2.05, 4.69) is 29.8 Å². The highest BCUT2D eigenvalue weighted by Crippen LogP contribution is 2.37. The van der Waals surface area contributed by atoms with E-state index < -0.39 is 217 Å².